The minimum atomic E-state index is -0.186. The van der Waals surface area contributed by atoms with E-state index < -0.39 is 0 Å². The van der Waals surface area contributed by atoms with Crippen molar-refractivity contribution in [3.63, 3.8) is 0 Å². The molecule has 0 radical (unpaired) electrons. The van der Waals surface area contributed by atoms with Crippen molar-refractivity contribution in [2.75, 3.05) is 13.7 Å². The highest BCUT2D eigenvalue weighted by atomic mass is 19.1. The van der Waals surface area contributed by atoms with Gasteiger partial charge in [-0.2, -0.15) is 0 Å². The molecule has 2 nitrogen and oxygen atoms in total. The highest BCUT2D eigenvalue weighted by molar-refractivity contribution is 5.45. The maximum Gasteiger partial charge on any atom is 0.127 e. The van der Waals surface area contributed by atoms with E-state index in [9.17, 15) is 4.39 Å². The number of halogens is 1. The van der Waals surface area contributed by atoms with Crippen molar-refractivity contribution in [1.82, 2.24) is 5.32 Å². The fourth-order valence-electron chi connectivity index (χ4n) is 2.96. The molecule has 0 fully saturated rings. The monoisotopic (exact) mass is 285 g/mol. The Hall–Kier alpha value is -1.87. The molecule has 1 unspecified atom stereocenters. The van der Waals surface area contributed by atoms with Crippen molar-refractivity contribution in [3.05, 3.63) is 65.0 Å². The second-order valence-electron chi connectivity index (χ2n) is 5.46. The normalized spacial score (nSPS) is 15.1. The molecule has 0 aliphatic carbocycles. The standard InChI is InChI=1S/C18H20FNO/c1-20-17(12-13-5-2-8-15(19)11-13)16-9-3-6-14-7-4-10-21-18(14)16/h2-3,5-6,8-9,11,17,20H,4,7,10,12H2,1H3. The fraction of sp³-hybridized carbons (Fsp3) is 0.333. The fourth-order valence-corrected chi connectivity index (χ4v) is 2.96. The Morgan fingerprint density at radius 2 is 2.10 bits per heavy atom. The molecule has 21 heavy (non-hydrogen) atoms. The maximum atomic E-state index is 13.4. The topological polar surface area (TPSA) is 21.3 Å². The number of hydrogen-bond donors (Lipinski definition) is 1. The van der Waals surface area contributed by atoms with Gasteiger partial charge in [0.2, 0.25) is 0 Å². The molecule has 2 aromatic rings. The predicted molar refractivity (Wildman–Crippen MR) is 82.2 cm³/mol. The highest BCUT2D eigenvalue weighted by Gasteiger charge is 2.20. The minimum Gasteiger partial charge on any atom is -0.493 e. The summed E-state index contributed by atoms with van der Waals surface area (Å²) in [5.74, 6) is 0.827. The smallest absolute Gasteiger partial charge is 0.127 e. The first-order valence-corrected chi connectivity index (χ1v) is 7.44. The molecule has 1 heterocycles. The maximum absolute atomic E-state index is 13.4. The third-order valence-electron chi connectivity index (χ3n) is 4.02. The number of likely N-dealkylation sites (N-methyl/N-ethyl adjacent to an activating group) is 1. The van der Waals surface area contributed by atoms with E-state index in [4.69, 9.17) is 4.74 Å². The van der Waals surface area contributed by atoms with E-state index in [2.05, 4.69) is 23.5 Å². The van der Waals surface area contributed by atoms with Crippen LogP contribution in [-0.2, 0) is 12.8 Å². The van der Waals surface area contributed by atoms with Crippen LogP contribution in [0, 0.1) is 5.82 Å². The van der Waals surface area contributed by atoms with Gasteiger partial charge in [0.15, 0.2) is 0 Å². The first-order valence-electron chi connectivity index (χ1n) is 7.44. The summed E-state index contributed by atoms with van der Waals surface area (Å²) in [6, 6.07) is 13.2. The van der Waals surface area contributed by atoms with Crippen LogP contribution in [0.4, 0.5) is 4.39 Å². The molecular weight excluding hydrogens is 265 g/mol. The molecule has 1 aliphatic heterocycles. The SMILES string of the molecule is CNC(Cc1cccc(F)c1)c1cccc2c1OCCC2. The van der Waals surface area contributed by atoms with E-state index >= 15 is 0 Å². The summed E-state index contributed by atoms with van der Waals surface area (Å²) in [6.45, 7) is 0.778. The number of para-hydroxylation sites is 1. The van der Waals surface area contributed by atoms with Crippen molar-refractivity contribution in [2.45, 2.75) is 25.3 Å². The molecule has 1 atom stereocenters. The molecule has 110 valence electrons. The summed E-state index contributed by atoms with van der Waals surface area (Å²) in [7, 11) is 1.94. The van der Waals surface area contributed by atoms with Gasteiger partial charge in [0, 0.05) is 11.6 Å². The van der Waals surface area contributed by atoms with E-state index in [1.165, 1.54) is 17.2 Å². The Morgan fingerprint density at radius 1 is 1.24 bits per heavy atom. The Morgan fingerprint density at radius 3 is 2.90 bits per heavy atom. The zero-order valence-corrected chi connectivity index (χ0v) is 12.2. The lowest BCUT2D eigenvalue weighted by molar-refractivity contribution is 0.282. The Bertz CT molecular complexity index is 626. The van der Waals surface area contributed by atoms with Crippen LogP contribution in [-0.4, -0.2) is 13.7 Å². The molecule has 0 spiro atoms. The molecule has 0 amide bonds. The van der Waals surface area contributed by atoms with Crippen LogP contribution in [0.15, 0.2) is 42.5 Å². The molecule has 0 bridgehead atoms. The predicted octanol–water partition coefficient (Wildman–Crippen LogP) is 3.65. The third kappa shape index (κ3) is 3.08. The molecule has 0 aromatic heterocycles. The summed E-state index contributed by atoms with van der Waals surface area (Å²) in [5.41, 5.74) is 3.43. The lowest BCUT2D eigenvalue weighted by atomic mass is 9.94. The first kappa shape index (κ1) is 14.1. The van der Waals surface area contributed by atoms with Crippen LogP contribution in [0.25, 0.3) is 0 Å². The zero-order valence-electron chi connectivity index (χ0n) is 12.2. The number of hydrogen-bond acceptors (Lipinski definition) is 2. The molecular formula is C18H20FNO. The zero-order chi connectivity index (χ0) is 14.7. The summed E-state index contributed by atoms with van der Waals surface area (Å²) in [6.07, 6.45) is 2.89. The Kier molecular flexibility index (Phi) is 4.20. The Balaban J connectivity index is 1.90. The molecule has 0 saturated carbocycles. The third-order valence-corrected chi connectivity index (χ3v) is 4.02. The Labute approximate surface area is 125 Å². The van der Waals surface area contributed by atoms with Gasteiger partial charge in [-0.25, -0.2) is 4.39 Å². The second-order valence-corrected chi connectivity index (χ2v) is 5.46. The van der Waals surface area contributed by atoms with Crippen LogP contribution >= 0.6 is 0 Å². The van der Waals surface area contributed by atoms with E-state index in [-0.39, 0.29) is 11.9 Å². The van der Waals surface area contributed by atoms with E-state index in [1.807, 2.05) is 13.1 Å². The molecule has 2 aromatic carbocycles. The number of ether oxygens (including phenoxy) is 1. The quantitative estimate of drug-likeness (QED) is 0.925. The molecule has 1 N–H and O–H groups in total. The summed E-state index contributed by atoms with van der Waals surface area (Å²) >= 11 is 0. The van der Waals surface area contributed by atoms with Crippen molar-refractivity contribution in [3.8, 4) is 5.75 Å². The lowest BCUT2D eigenvalue weighted by Crippen LogP contribution is -2.21. The number of aryl methyl sites for hydroxylation is 1. The van der Waals surface area contributed by atoms with Crippen LogP contribution in [0.1, 0.15) is 29.2 Å². The summed E-state index contributed by atoms with van der Waals surface area (Å²) < 4.78 is 19.2. The van der Waals surface area contributed by atoms with E-state index in [0.717, 1.165) is 37.2 Å². The molecule has 3 heteroatoms. The van der Waals surface area contributed by atoms with E-state index in [1.54, 1.807) is 12.1 Å². The van der Waals surface area contributed by atoms with Gasteiger partial charge < -0.3 is 10.1 Å². The van der Waals surface area contributed by atoms with Crippen LogP contribution < -0.4 is 10.1 Å². The van der Waals surface area contributed by atoms with Crippen molar-refractivity contribution in [2.24, 2.45) is 0 Å². The largest absolute Gasteiger partial charge is 0.493 e. The van der Waals surface area contributed by atoms with Gasteiger partial charge in [0.1, 0.15) is 11.6 Å². The summed E-state index contributed by atoms with van der Waals surface area (Å²) in [4.78, 5) is 0. The first-order chi connectivity index (χ1) is 10.3. The van der Waals surface area contributed by atoms with Crippen molar-refractivity contribution >= 4 is 0 Å². The van der Waals surface area contributed by atoms with Gasteiger partial charge in [-0.3, -0.25) is 0 Å². The van der Waals surface area contributed by atoms with Crippen molar-refractivity contribution in [1.29, 1.82) is 0 Å². The van der Waals surface area contributed by atoms with Gasteiger partial charge in [0.25, 0.3) is 0 Å². The number of fused-ring (bicyclic) bond motifs is 1. The number of rotatable bonds is 4. The van der Waals surface area contributed by atoms with Crippen LogP contribution in [0.3, 0.4) is 0 Å². The van der Waals surface area contributed by atoms with Crippen molar-refractivity contribution < 1.29 is 9.13 Å². The van der Waals surface area contributed by atoms with Crippen LogP contribution in [0.2, 0.25) is 0 Å². The van der Waals surface area contributed by atoms with E-state index in [0.29, 0.717) is 0 Å². The number of nitrogens with one attached hydrogen (secondary N) is 1. The number of benzene rings is 2. The average Bonchev–Trinajstić information content (AvgIpc) is 2.52. The molecule has 1 aliphatic rings. The van der Waals surface area contributed by atoms with Gasteiger partial charge in [0.05, 0.1) is 6.61 Å². The van der Waals surface area contributed by atoms with Gasteiger partial charge in [-0.05, 0) is 49.6 Å². The summed E-state index contributed by atoms with van der Waals surface area (Å²) in [5, 5.41) is 3.33. The second kappa shape index (κ2) is 6.27. The average molecular weight is 285 g/mol. The van der Waals surface area contributed by atoms with Gasteiger partial charge in [-0.1, -0.05) is 30.3 Å². The minimum absolute atomic E-state index is 0.125. The lowest BCUT2D eigenvalue weighted by Gasteiger charge is -2.25. The highest BCUT2D eigenvalue weighted by Crippen LogP contribution is 2.34. The van der Waals surface area contributed by atoms with Crippen LogP contribution in [0.5, 0.6) is 5.75 Å². The molecule has 3 rings (SSSR count). The van der Waals surface area contributed by atoms with Gasteiger partial charge in [-0.15, -0.1) is 0 Å². The van der Waals surface area contributed by atoms with Gasteiger partial charge >= 0.3 is 0 Å². The molecule has 0 saturated heterocycles.